The van der Waals surface area contributed by atoms with Gasteiger partial charge in [-0.3, -0.25) is 0 Å². The largest absolute Gasteiger partial charge is 0.305 e. The van der Waals surface area contributed by atoms with Crippen molar-refractivity contribution < 1.29 is 4.39 Å². The molecule has 0 aliphatic heterocycles. The number of nitrogens with one attached hydrogen (secondary N) is 1. The first-order valence-corrected chi connectivity index (χ1v) is 3.43. The highest BCUT2D eigenvalue weighted by Gasteiger charge is 2.00. The third-order valence-electron chi connectivity index (χ3n) is 1.59. The molecule has 0 unspecified atom stereocenters. The van der Waals surface area contributed by atoms with Crippen molar-refractivity contribution in [1.29, 1.82) is 5.41 Å². The van der Waals surface area contributed by atoms with Crippen LogP contribution in [0.4, 0.5) is 4.39 Å². The Morgan fingerprint density at radius 3 is 2.55 bits per heavy atom. The topological polar surface area (TPSA) is 23.9 Å². The van der Waals surface area contributed by atoms with Crippen molar-refractivity contribution in [3.05, 3.63) is 35.1 Å². The second kappa shape index (κ2) is 2.82. The molecule has 1 nitrogen and oxygen atoms in total. The summed E-state index contributed by atoms with van der Waals surface area (Å²) in [6, 6.07) is 4.45. The first-order chi connectivity index (χ1) is 5.11. The van der Waals surface area contributed by atoms with E-state index < -0.39 is 0 Å². The lowest BCUT2D eigenvalue weighted by atomic mass is 10.1. The lowest BCUT2D eigenvalue weighted by Gasteiger charge is -2.01. The van der Waals surface area contributed by atoms with E-state index in [0.717, 1.165) is 11.1 Å². The molecule has 0 fully saturated rings. The average molecular weight is 151 g/mol. The maximum Gasteiger partial charge on any atom is 0.123 e. The third kappa shape index (κ3) is 1.64. The van der Waals surface area contributed by atoms with Crippen molar-refractivity contribution in [2.24, 2.45) is 0 Å². The smallest absolute Gasteiger partial charge is 0.123 e. The van der Waals surface area contributed by atoms with E-state index in [9.17, 15) is 4.39 Å². The summed E-state index contributed by atoms with van der Waals surface area (Å²) in [6.07, 6.45) is 0. The predicted molar refractivity (Wildman–Crippen MR) is 43.6 cm³/mol. The molecule has 0 aliphatic rings. The van der Waals surface area contributed by atoms with Crippen LogP contribution in [-0.4, -0.2) is 5.71 Å². The lowest BCUT2D eigenvalue weighted by molar-refractivity contribution is 0.626. The minimum atomic E-state index is -0.243. The van der Waals surface area contributed by atoms with Crippen molar-refractivity contribution in [1.82, 2.24) is 0 Å². The van der Waals surface area contributed by atoms with Crippen molar-refractivity contribution in [3.63, 3.8) is 0 Å². The van der Waals surface area contributed by atoms with Gasteiger partial charge in [-0.05, 0) is 37.1 Å². The van der Waals surface area contributed by atoms with Gasteiger partial charge in [-0.1, -0.05) is 6.07 Å². The number of rotatable bonds is 1. The van der Waals surface area contributed by atoms with Gasteiger partial charge in [0, 0.05) is 5.71 Å². The summed E-state index contributed by atoms with van der Waals surface area (Å²) in [4.78, 5) is 0. The minimum Gasteiger partial charge on any atom is -0.305 e. The zero-order chi connectivity index (χ0) is 8.43. The van der Waals surface area contributed by atoms with Crippen LogP contribution in [0.15, 0.2) is 18.2 Å². The SMILES string of the molecule is CC(=N)c1ccc(F)cc1C. The highest BCUT2D eigenvalue weighted by molar-refractivity contribution is 5.97. The van der Waals surface area contributed by atoms with Gasteiger partial charge in [-0.25, -0.2) is 4.39 Å². The maximum absolute atomic E-state index is 12.5. The summed E-state index contributed by atoms with van der Waals surface area (Å²) in [5.41, 5.74) is 2.10. The summed E-state index contributed by atoms with van der Waals surface area (Å²) in [7, 11) is 0. The van der Waals surface area contributed by atoms with Crippen LogP contribution in [0.3, 0.4) is 0 Å². The number of hydrogen-bond acceptors (Lipinski definition) is 1. The molecule has 0 radical (unpaired) electrons. The molecule has 58 valence electrons. The maximum atomic E-state index is 12.5. The van der Waals surface area contributed by atoms with E-state index in [1.165, 1.54) is 12.1 Å². The molecule has 1 N–H and O–H groups in total. The number of aryl methyl sites for hydroxylation is 1. The van der Waals surface area contributed by atoms with Gasteiger partial charge in [-0.2, -0.15) is 0 Å². The van der Waals surface area contributed by atoms with Gasteiger partial charge in [0.1, 0.15) is 5.82 Å². The fourth-order valence-corrected chi connectivity index (χ4v) is 1.05. The Balaban J connectivity index is 3.20. The molecule has 0 heterocycles. The number of halogens is 1. The third-order valence-corrected chi connectivity index (χ3v) is 1.59. The molecule has 0 atom stereocenters. The van der Waals surface area contributed by atoms with Gasteiger partial charge in [0.15, 0.2) is 0 Å². The minimum absolute atomic E-state index is 0.243. The molecule has 0 aromatic heterocycles. The van der Waals surface area contributed by atoms with E-state index >= 15 is 0 Å². The molecule has 0 saturated heterocycles. The molecule has 0 bridgehead atoms. The molecule has 0 aliphatic carbocycles. The van der Waals surface area contributed by atoms with E-state index in [4.69, 9.17) is 5.41 Å². The molecule has 1 aromatic rings. The summed E-state index contributed by atoms with van der Waals surface area (Å²) < 4.78 is 12.5. The van der Waals surface area contributed by atoms with Crippen LogP contribution in [0, 0.1) is 18.2 Å². The predicted octanol–water partition coefficient (Wildman–Crippen LogP) is 2.52. The van der Waals surface area contributed by atoms with Gasteiger partial charge in [0.25, 0.3) is 0 Å². The van der Waals surface area contributed by atoms with Crippen LogP contribution in [-0.2, 0) is 0 Å². The first kappa shape index (κ1) is 7.92. The number of hydrogen-bond donors (Lipinski definition) is 1. The molecular weight excluding hydrogens is 141 g/mol. The van der Waals surface area contributed by atoms with E-state index in [1.54, 1.807) is 19.9 Å². The van der Waals surface area contributed by atoms with Crippen molar-refractivity contribution >= 4 is 5.71 Å². The molecule has 0 amide bonds. The Labute approximate surface area is 65.4 Å². The highest BCUT2D eigenvalue weighted by Crippen LogP contribution is 2.09. The Morgan fingerprint density at radius 2 is 2.09 bits per heavy atom. The lowest BCUT2D eigenvalue weighted by Crippen LogP contribution is -1.95. The molecule has 0 saturated carbocycles. The van der Waals surface area contributed by atoms with Crippen LogP contribution in [0.5, 0.6) is 0 Å². The summed E-state index contributed by atoms with van der Waals surface area (Å²) in [6.45, 7) is 3.50. The fraction of sp³-hybridized carbons (Fsp3) is 0.222. The van der Waals surface area contributed by atoms with Gasteiger partial charge in [0.05, 0.1) is 0 Å². The fourth-order valence-electron chi connectivity index (χ4n) is 1.05. The Kier molecular flexibility index (Phi) is 2.03. The normalized spacial score (nSPS) is 9.73. The Hall–Kier alpha value is -1.18. The molecule has 0 spiro atoms. The second-order valence-corrected chi connectivity index (χ2v) is 2.58. The monoisotopic (exact) mass is 151 g/mol. The standard InChI is InChI=1S/C9H10FN/c1-6-5-8(10)3-4-9(6)7(2)11/h3-5,11H,1-2H3. The van der Waals surface area contributed by atoms with Gasteiger partial charge in [0.2, 0.25) is 0 Å². The van der Waals surface area contributed by atoms with E-state index in [1.807, 2.05) is 0 Å². The van der Waals surface area contributed by atoms with Crippen LogP contribution in [0.25, 0.3) is 0 Å². The quantitative estimate of drug-likeness (QED) is 0.596. The second-order valence-electron chi connectivity index (χ2n) is 2.58. The average Bonchev–Trinajstić information content (AvgIpc) is 1.85. The summed E-state index contributed by atoms with van der Waals surface area (Å²) >= 11 is 0. The zero-order valence-electron chi connectivity index (χ0n) is 6.61. The summed E-state index contributed by atoms with van der Waals surface area (Å²) in [5.74, 6) is -0.243. The zero-order valence-corrected chi connectivity index (χ0v) is 6.61. The molecule has 1 aromatic carbocycles. The van der Waals surface area contributed by atoms with Crippen molar-refractivity contribution in [2.45, 2.75) is 13.8 Å². The van der Waals surface area contributed by atoms with Crippen LogP contribution in [0.1, 0.15) is 18.1 Å². The van der Waals surface area contributed by atoms with Crippen molar-refractivity contribution in [2.75, 3.05) is 0 Å². The van der Waals surface area contributed by atoms with E-state index in [2.05, 4.69) is 0 Å². The first-order valence-electron chi connectivity index (χ1n) is 3.43. The number of benzene rings is 1. The van der Waals surface area contributed by atoms with Crippen LogP contribution in [0.2, 0.25) is 0 Å². The van der Waals surface area contributed by atoms with Gasteiger partial charge in [-0.15, -0.1) is 0 Å². The van der Waals surface area contributed by atoms with Gasteiger partial charge >= 0.3 is 0 Å². The van der Waals surface area contributed by atoms with Crippen molar-refractivity contribution in [3.8, 4) is 0 Å². The molecule has 2 heteroatoms. The Morgan fingerprint density at radius 1 is 1.45 bits per heavy atom. The molecule has 1 rings (SSSR count). The Bertz CT molecular complexity index is 292. The van der Waals surface area contributed by atoms with Crippen LogP contribution < -0.4 is 0 Å². The highest BCUT2D eigenvalue weighted by atomic mass is 19.1. The van der Waals surface area contributed by atoms with E-state index in [0.29, 0.717) is 5.71 Å². The molecule has 11 heavy (non-hydrogen) atoms. The van der Waals surface area contributed by atoms with Gasteiger partial charge < -0.3 is 5.41 Å². The molecular formula is C9H10FN. The van der Waals surface area contributed by atoms with Crippen LogP contribution >= 0.6 is 0 Å². The van der Waals surface area contributed by atoms with E-state index in [-0.39, 0.29) is 5.82 Å². The summed E-state index contributed by atoms with van der Waals surface area (Å²) in [5, 5.41) is 7.32.